The summed E-state index contributed by atoms with van der Waals surface area (Å²) in [5.74, 6) is 0.532. The molecule has 100 valence electrons. The number of amides is 1. The van der Waals surface area contributed by atoms with Gasteiger partial charge in [-0.2, -0.15) is 0 Å². The predicted molar refractivity (Wildman–Crippen MR) is 68.9 cm³/mol. The quantitative estimate of drug-likeness (QED) is 0.784. The molecule has 4 nitrogen and oxygen atoms in total. The molecule has 0 aromatic carbocycles. The van der Waals surface area contributed by atoms with Gasteiger partial charge in [-0.05, 0) is 40.0 Å². The molecule has 1 rings (SSSR count). The van der Waals surface area contributed by atoms with E-state index in [1.165, 1.54) is 0 Å². The lowest BCUT2D eigenvalue weighted by Gasteiger charge is -2.32. The number of carbonyl (C=O) groups is 1. The molecule has 3 unspecified atom stereocenters. The van der Waals surface area contributed by atoms with E-state index in [1.807, 2.05) is 27.7 Å². The number of hydrogen-bond donors (Lipinski definition) is 2. The molecule has 1 saturated heterocycles. The largest absolute Gasteiger partial charge is 0.381 e. The van der Waals surface area contributed by atoms with E-state index in [0.29, 0.717) is 12.0 Å². The highest BCUT2D eigenvalue weighted by Crippen LogP contribution is 2.14. The van der Waals surface area contributed by atoms with E-state index >= 15 is 0 Å². The van der Waals surface area contributed by atoms with Gasteiger partial charge in [-0.25, -0.2) is 0 Å². The average molecular weight is 242 g/mol. The standard InChI is InChI=1S/C13H26N2O2/c1-9-8-17-7-6-11(9)14-10(2)12(16)15-13(3,4)5/h9-11,14H,6-8H2,1-5H3,(H,15,16). The Hall–Kier alpha value is -0.610. The van der Waals surface area contributed by atoms with Gasteiger partial charge >= 0.3 is 0 Å². The SMILES string of the molecule is CC(NC1CCOCC1C)C(=O)NC(C)(C)C. The van der Waals surface area contributed by atoms with Gasteiger partial charge in [0, 0.05) is 18.2 Å². The molecule has 3 atom stereocenters. The van der Waals surface area contributed by atoms with Crippen LogP contribution in [-0.4, -0.2) is 36.7 Å². The van der Waals surface area contributed by atoms with Crippen molar-refractivity contribution in [3.05, 3.63) is 0 Å². The summed E-state index contributed by atoms with van der Waals surface area (Å²) < 4.78 is 5.39. The van der Waals surface area contributed by atoms with E-state index in [4.69, 9.17) is 4.74 Å². The van der Waals surface area contributed by atoms with Gasteiger partial charge in [-0.1, -0.05) is 6.92 Å². The normalized spacial score (nSPS) is 27.6. The lowest BCUT2D eigenvalue weighted by atomic mass is 9.97. The highest BCUT2D eigenvalue weighted by molar-refractivity contribution is 5.81. The molecule has 17 heavy (non-hydrogen) atoms. The second-order valence-electron chi connectivity index (χ2n) is 6.07. The van der Waals surface area contributed by atoms with E-state index in [-0.39, 0.29) is 17.5 Å². The van der Waals surface area contributed by atoms with E-state index in [0.717, 1.165) is 19.6 Å². The van der Waals surface area contributed by atoms with Gasteiger partial charge in [0.2, 0.25) is 5.91 Å². The average Bonchev–Trinajstić information content (AvgIpc) is 2.18. The maximum Gasteiger partial charge on any atom is 0.237 e. The molecule has 0 bridgehead atoms. The van der Waals surface area contributed by atoms with E-state index in [9.17, 15) is 4.79 Å². The molecule has 1 aliphatic rings. The molecular formula is C13H26N2O2. The van der Waals surface area contributed by atoms with Gasteiger partial charge in [0.25, 0.3) is 0 Å². The fourth-order valence-corrected chi connectivity index (χ4v) is 2.00. The van der Waals surface area contributed by atoms with Gasteiger partial charge in [0.1, 0.15) is 0 Å². The molecule has 1 heterocycles. The van der Waals surface area contributed by atoms with Crippen LogP contribution in [0, 0.1) is 5.92 Å². The van der Waals surface area contributed by atoms with Crippen molar-refractivity contribution >= 4 is 5.91 Å². The van der Waals surface area contributed by atoms with Crippen molar-refractivity contribution in [2.45, 2.75) is 58.7 Å². The summed E-state index contributed by atoms with van der Waals surface area (Å²) in [5, 5.41) is 6.39. The Morgan fingerprint density at radius 2 is 2.06 bits per heavy atom. The number of hydrogen-bond acceptors (Lipinski definition) is 3. The van der Waals surface area contributed by atoms with Crippen LogP contribution < -0.4 is 10.6 Å². The minimum Gasteiger partial charge on any atom is -0.381 e. The zero-order valence-corrected chi connectivity index (χ0v) is 11.7. The minimum atomic E-state index is -0.172. The molecule has 1 fully saturated rings. The first-order valence-corrected chi connectivity index (χ1v) is 6.45. The van der Waals surface area contributed by atoms with Crippen molar-refractivity contribution in [2.24, 2.45) is 5.92 Å². The first kappa shape index (κ1) is 14.5. The summed E-state index contributed by atoms with van der Waals surface area (Å²) in [6.45, 7) is 11.6. The van der Waals surface area contributed by atoms with Crippen LogP contribution in [0.5, 0.6) is 0 Å². The van der Waals surface area contributed by atoms with Crippen LogP contribution in [0.4, 0.5) is 0 Å². The molecule has 0 radical (unpaired) electrons. The Bertz CT molecular complexity index is 261. The number of carbonyl (C=O) groups excluding carboxylic acids is 1. The Labute approximate surface area is 104 Å². The van der Waals surface area contributed by atoms with Crippen molar-refractivity contribution in [1.29, 1.82) is 0 Å². The molecule has 1 aliphatic heterocycles. The maximum absolute atomic E-state index is 11.9. The topological polar surface area (TPSA) is 50.4 Å². The Balaban J connectivity index is 2.42. The molecule has 0 aromatic rings. The summed E-state index contributed by atoms with van der Waals surface area (Å²) in [7, 11) is 0. The monoisotopic (exact) mass is 242 g/mol. The fourth-order valence-electron chi connectivity index (χ4n) is 2.00. The van der Waals surface area contributed by atoms with Crippen LogP contribution in [-0.2, 0) is 9.53 Å². The van der Waals surface area contributed by atoms with Gasteiger partial charge < -0.3 is 15.4 Å². The zero-order chi connectivity index (χ0) is 13.1. The number of rotatable bonds is 3. The lowest BCUT2D eigenvalue weighted by molar-refractivity contribution is -0.124. The third kappa shape index (κ3) is 5.04. The van der Waals surface area contributed by atoms with Crippen molar-refractivity contribution in [3.63, 3.8) is 0 Å². The smallest absolute Gasteiger partial charge is 0.237 e. The van der Waals surface area contributed by atoms with E-state index in [2.05, 4.69) is 17.6 Å². The van der Waals surface area contributed by atoms with Crippen LogP contribution in [0.1, 0.15) is 41.0 Å². The second kappa shape index (κ2) is 5.83. The highest BCUT2D eigenvalue weighted by atomic mass is 16.5. The van der Waals surface area contributed by atoms with Crippen LogP contribution >= 0.6 is 0 Å². The predicted octanol–water partition coefficient (Wildman–Crippen LogP) is 1.30. The van der Waals surface area contributed by atoms with Crippen molar-refractivity contribution in [3.8, 4) is 0 Å². The second-order valence-corrected chi connectivity index (χ2v) is 6.07. The summed E-state index contributed by atoms with van der Waals surface area (Å²) in [5.41, 5.74) is -0.172. The van der Waals surface area contributed by atoms with Crippen molar-refractivity contribution in [1.82, 2.24) is 10.6 Å². The van der Waals surface area contributed by atoms with Crippen molar-refractivity contribution in [2.75, 3.05) is 13.2 Å². The van der Waals surface area contributed by atoms with Gasteiger partial charge in [-0.3, -0.25) is 4.79 Å². The number of nitrogens with one attached hydrogen (secondary N) is 2. The summed E-state index contributed by atoms with van der Waals surface area (Å²) in [6.07, 6.45) is 0.980. The minimum absolute atomic E-state index is 0.0659. The molecule has 2 N–H and O–H groups in total. The van der Waals surface area contributed by atoms with Crippen LogP contribution in [0.3, 0.4) is 0 Å². The lowest BCUT2D eigenvalue weighted by Crippen LogP contribution is -2.54. The van der Waals surface area contributed by atoms with E-state index < -0.39 is 0 Å². The molecular weight excluding hydrogens is 216 g/mol. The van der Waals surface area contributed by atoms with Crippen LogP contribution in [0.15, 0.2) is 0 Å². The van der Waals surface area contributed by atoms with Crippen LogP contribution in [0.25, 0.3) is 0 Å². The molecule has 0 spiro atoms. The fraction of sp³-hybridized carbons (Fsp3) is 0.923. The maximum atomic E-state index is 11.9. The number of ether oxygens (including phenoxy) is 1. The van der Waals surface area contributed by atoms with Gasteiger partial charge in [0.15, 0.2) is 0 Å². The zero-order valence-electron chi connectivity index (χ0n) is 11.7. The third-order valence-corrected chi connectivity index (χ3v) is 3.00. The Kier molecular flexibility index (Phi) is 4.95. The molecule has 0 saturated carbocycles. The first-order valence-electron chi connectivity index (χ1n) is 6.45. The molecule has 1 amide bonds. The first-order chi connectivity index (χ1) is 7.79. The highest BCUT2D eigenvalue weighted by Gasteiger charge is 2.26. The van der Waals surface area contributed by atoms with Gasteiger partial charge in [0.05, 0.1) is 12.6 Å². The molecule has 4 heteroatoms. The van der Waals surface area contributed by atoms with Crippen LogP contribution in [0.2, 0.25) is 0 Å². The van der Waals surface area contributed by atoms with Gasteiger partial charge in [-0.15, -0.1) is 0 Å². The summed E-state index contributed by atoms with van der Waals surface area (Å²) in [4.78, 5) is 11.9. The van der Waals surface area contributed by atoms with Crippen molar-refractivity contribution < 1.29 is 9.53 Å². The Morgan fingerprint density at radius 3 is 2.59 bits per heavy atom. The third-order valence-electron chi connectivity index (χ3n) is 3.00. The summed E-state index contributed by atoms with van der Waals surface area (Å²) in [6, 6.07) is 0.226. The Morgan fingerprint density at radius 1 is 1.41 bits per heavy atom. The molecule has 0 aliphatic carbocycles. The summed E-state index contributed by atoms with van der Waals surface area (Å²) >= 11 is 0. The van der Waals surface area contributed by atoms with E-state index in [1.54, 1.807) is 0 Å². The molecule has 0 aromatic heterocycles.